The quantitative estimate of drug-likeness (QED) is 0.307. The first-order chi connectivity index (χ1) is 7.66. The van der Waals surface area contributed by atoms with Crippen molar-refractivity contribution in [2.75, 3.05) is 6.61 Å². The number of hydrogen-bond acceptors (Lipinski definition) is 7. The van der Waals surface area contributed by atoms with E-state index in [1.54, 1.807) is 0 Å². The van der Waals surface area contributed by atoms with Gasteiger partial charge >= 0.3 is 17.9 Å². The first-order valence-electron chi connectivity index (χ1n) is 4.48. The van der Waals surface area contributed by atoms with E-state index in [9.17, 15) is 9.59 Å². The smallest absolute Gasteiger partial charge is 0.331 e. The van der Waals surface area contributed by atoms with Crippen LogP contribution in [-0.4, -0.2) is 45.4 Å². The highest BCUT2D eigenvalue weighted by molar-refractivity contribution is 5.82. The third kappa shape index (κ3) is 4.35. The van der Waals surface area contributed by atoms with E-state index in [1.807, 2.05) is 0 Å². The van der Waals surface area contributed by atoms with Gasteiger partial charge in [-0.05, 0) is 6.92 Å². The Kier molecular flexibility index (Phi) is 5.02. The first kappa shape index (κ1) is 15.3. The van der Waals surface area contributed by atoms with Crippen LogP contribution in [0.1, 0.15) is 6.92 Å². The van der Waals surface area contributed by atoms with Crippen LogP contribution in [0.25, 0.3) is 0 Å². The van der Waals surface area contributed by atoms with Crippen molar-refractivity contribution in [1.29, 1.82) is 0 Å². The zero-order valence-corrected chi connectivity index (χ0v) is 9.25. The summed E-state index contributed by atoms with van der Waals surface area (Å²) in [6, 6.07) is 0. The fourth-order valence-corrected chi connectivity index (χ4v) is 0.726. The molecule has 1 unspecified atom stereocenters. The van der Waals surface area contributed by atoms with Crippen LogP contribution in [0, 0.1) is 0 Å². The van der Waals surface area contributed by atoms with Crippen LogP contribution in [0.5, 0.6) is 0 Å². The normalized spacial score (nSPS) is 14.4. The summed E-state index contributed by atoms with van der Waals surface area (Å²) in [5, 5.41) is 27.1. The highest BCUT2D eigenvalue weighted by Gasteiger charge is 2.49. The van der Waals surface area contributed by atoms with Crippen LogP contribution in [0.2, 0.25) is 0 Å². The van der Waals surface area contributed by atoms with E-state index in [4.69, 9.17) is 15.3 Å². The second-order valence-corrected chi connectivity index (χ2v) is 3.30. The summed E-state index contributed by atoms with van der Waals surface area (Å²) in [6.45, 7) is 6.40. The van der Waals surface area contributed by atoms with Gasteiger partial charge in [0.2, 0.25) is 5.60 Å². The molecule has 0 rings (SSSR count). The molecule has 0 amide bonds. The zero-order chi connectivity index (χ0) is 13.7. The summed E-state index contributed by atoms with van der Waals surface area (Å²) in [6.07, 6.45) is 1.57. The van der Waals surface area contributed by atoms with Gasteiger partial charge in [-0.15, -0.1) is 0 Å². The second kappa shape index (κ2) is 5.58. The van der Waals surface area contributed by atoms with E-state index < -0.39 is 30.1 Å². The lowest BCUT2D eigenvalue weighted by atomic mass is 10.1. The van der Waals surface area contributed by atoms with E-state index in [-0.39, 0.29) is 0 Å². The molecule has 0 aromatic carbocycles. The van der Waals surface area contributed by atoms with E-state index in [1.165, 1.54) is 0 Å². The van der Waals surface area contributed by atoms with E-state index >= 15 is 0 Å². The van der Waals surface area contributed by atoms with Gasteiger partial charge in [0.25, 0.3) is 0 Å². The average Bonchev–Trinajstić information content (AvgIpc) is 2.24. The van der Waals surface area contributed by atoms with Gasteiger partial charge in [-0.3, -0.25) is 0 Å². The number of ether oxygens (including phenoxy) is 2. The molecule has 0 aliphatic heterocycles. The average molecular weight is 246 g/mol. The number of aliphatic hydroxyl groups is 3. The molecule has 0 aromatic rings. The highest BCUT2D eigenvalue weighted by atomic mass is 16.7. The summed E-state index contributed by atoms with van der Waals surface area (Å²) in [5.74, 6) is -5.29. The molecule has 3 N–H and O–H groups in total. The van der Waals surface area contributed by atoms with Crippen LogP contribution in [0.4, 0.5) is 0 Å². The van der Waals surface area contributed by atoms with Crippen molar-refractivity contribution >= 4 is 11.9 Å². The molecule has 0 saturated heterocycles. The lowest BCUT2D eigenvalue weighted by molar-refractivity contribution is -0.391. The molecule has 0 heterocycles. The fraction of sp³-hybridized carbons (Fsp3) is 0.400. The summed E-state index contributed by atoms with van der Waals surface area (Å²) in [5.41, 5.74) is -2.25. The lowest BCUT2D eigenvalue weighted by Crippen LogP contribution is -2.58. The number of hydrogen-bond donors (Lipinski definition) is 3. The summed E-state index contributed by atoms with van der Waals surface area (Å²) in [4.78, 5) is 21.7. The Balaban J connectivity index is 4.85. The van der Waals surface area contributed by atoms with Crippen LogP contribution in [0.3, 0.4) is 0 Å². The maximum Gasteiger partial charge on any atom is 0.331 e. The Morgan fingerprint density at radius 2 is 1.65 bits per heavy atom. The Hall–Kier alpha value is -1.70. The zero-order valence-electron chi connectivity index (χ0n) is 9.25. The van der Waals surface area contributed by atoms with Crippen molar-refractivity contribution < 1.29 is 34.4 Å². The molecule has 0 bridgehead atoms. The minimum absolute atomic E-state index is 0.749. The van der Waals surface area contributed by atoms with Crippen molar-refractivity contribution in [1.82, 2.24) is 0 Å². The van der Waals surface area contributed by atoms with Gasteiger partial charge in [0, 0.05) is 12.2 Å². The molecule has 0 aromatic heterocycles. The largest absolute Gasteiger partial charge is 0.458 e. The molecule has 7 nitrogen and oxygen atoms in total. The Morgan fingerprint density at radius 3 is 2.00 bits per heavy atom. The number of esters is 2. The topological polar surface area (TPSA) is 113 Å². The van der Waals surface area contributed by atoms with Crippen molar-refractivity contribution in [3.8, 4) is 0 Å². The first-order valence-corrected chi connectivity index (χ1v) is 4.48. The van der Waals surface area contributed by atoms with Crippen molar-refractivity contribution in [3.05, 3.63) is 25.3 Å². The van der Waals surface area contributed by atoms with Gasteiger partial charge in [-0.25, -0.2) is 9.59 Å². The van der Waals surface area contributed by atoms with Crippen molar-refractivity contribution in [3.63, 3.8) is 0 Å². The number of rotatable bonds is 6. The van der Waals surface area contributed by atoms with Crippen LogP contribution in [0.15, 0.2) is 25.3 Å². The molecule has 0 radical (unpaired) electrons. The molecule has 7 heteroatoms. The molecule has 17 heavy (non-hydrogen) atoms. The molecular weight excluding hydrogens is 232 g/mol. The number of carbonyl (C=O) groups is 2. The summed E-state index contributed by atoms with van der Waals surface area (Å²) < 4.78 is 9.01. The van der Waals surface area contributed by atoms with Crippen LogP contribution in [-0.2, 0) is 19.1 Å². The Bertz CT molecular complexity index is 328. The molecule has 96 valence electrons. The molecule has 0 aliphatic carbocycles. The molecular formula is C10H14O7. The predicted molar refractivity (Wildman–Crippen MR) is 55.2 cm³/mol. The predicted octanol–water partition coefficient (Wildman–Crippen LogP) is -1.17. The molecule has 0 fully saturated rings. The van der Waals surface area contributed by atoms with Gasteiger partial charge < -0.3 is 24.8 Å². The SMILES string of the molecule is C=CC(=O)OCC(C)(OC(=O)C=C)C(O)(O)O. The monoisotopic (exact) mass is 246 g/mol. The van der Waals surface area contributed by atoms with Gasteiger partial charge in [-0.1, -0.05) is 13.2 Å². The van der Waals surface area contributed by atoms with Gasteiger partial charge in [0.1, 0.15) is 6.61 Å². The summed E-state index contributed by atoms with van der Waals surface area (Å²) >= 11 is 0. The second-order valence-electron chi connectivity index (χ2n) is 3.30. The van der Waals surface area contributed by atoms with Crippen LogP contribution >= 0.6 is 0 Å². The highest BCUT2D eigenvalue weighted by Crippen LogP contribution is 2.23. The van der Waals surface area contributed by atoms with E-state index in [2.05, 4.69) is 22.6 Å². The van der Waals surface area contributed by atoms with Crippen LogP contribution < -0.4 is 0 Å². The molecule has 1 atom stereocenters. The Morgan fingerprint density at radius 1 is 1.18 bits per heavy atom. The maximum atomic E-state index is 11.0. The molecule has 0 aliphatic rings. The van der Waals surface area contributed by atoms with Gasteiger partial charge in [-0.2, -0.15) is 0 Å². The third-order valence-electron chi connectivity index (χ3n) is 1.86. The molecule has 0 spiro atoms. The van der Waals surface area contributed by atoms with E-state index in [0.29, 0.717) is 0 Å². The lowest BCUT2D eigenvalue weighted by Gasteiger charge is -2.34. The van der Waals surface area contributed by atoms with Gasteiger partial charge in [0.15, 0.2) is 0 Å². The van der Waals surface area contributed by atoms with Crippen molar-refractivity contribution in [2.45, 2.75) is 18.5 Å². The van der Waals surface area contributed by atoms with Crippen molar-refractivity contribution in [2.24, 2.45) is 0 Å². The summed E-state index contributed by atoms with van der Waals surface area (Å²) in [7, 11) is 0. The minimum Gasteiger partial charge on any atom is -0.458 e. The Labute approximate surface area is 97.6 Å². The third-order valence-corrected chi connectivity index (χ3v) is 1.86. The molecule has 0 saturated carbocycles. The van der Waals surface area contributed by atoms with Gasteiger partial charge in [0.05, 0.1) is 0 Å². The number of carbonyl (C=O) groups excluding carboxylic acids is 2. The minimum atomic E-state index is -3.38. The standard InChI is InChI=1S/C10H14O7/c1-4-7(11)16-6-9(3,10(13,14)15)17-8(12)5-2/h4-5,13-15H,1-2,6H2,3H3. The maximum absolute atomic E-state index is 11.0. The fourth-order valence-electron chi connectivity index (χ4n) is 0.726. The van der Waals surface area contributed by atoms with E-state index in [0.717, 1.165) is 19.1 Å².